The molecule has 0 aromatic carbocycles. The molecule has 0 fully saturated rings. The Morgan fingerprint density at radius 2 is 1.69 bits per heavy atom. The maximum atomic E-state index is 9.00. The molecule has 96 valence electrons. The number of nitrogens with one attached hydrogen (secondary N) is 1. The van der Waals surface area contributed by atoms with E-state index in [0.717, 1.165) is 12.8 Å². The third kappa shape index (κ3) is 5.26. The monoisotopic (exact) mass is 235 g/mol. The van der Waals surface area contributed by atoms with Gasteiger partial charge in [-0.1, -0.05) is 5.16 Å². The normalized spacial score (nSPS) is 13.1. The van der Waals surface area contributed by atoms with Crippen LogP contribution < -0.4 is 11.1 Å². The van der Waals surface area contributed by atoms with E-state index in [4.69, 9.17) is 26.3 Å². The third-order valence-corrected chi connectivity index (χ3v) is 2.40. The molecule has 0 saturated carbocycles. The number of aliphatic hydroxyl groups excluding tert-OH is 3. The fourth-order valence-electron chi connectivity index (χ4n) is 1.15. The number of unbranched alkanes of at least 4 members (excludes halogenated alkanes) is 1. The molecule has 0 aliphatic heterocycles. The number of nitrogens with zero attached hydrogens (tertiary/aromatic N) is 1. The molecule has 7 N–H and O–H groups in total. The zero-order chi connectivity index (χ0) is 12.4. The zero-order valence-corrected chi connectivity index (χ0v) is 9.26. The predicted molar refractivity (Wildman–Crippen MR) is 59.3 cm³/mol. The van der Waals surface area contributed by atoms with Crippen LogP contribution in [0.15, 0.2) is 5.16 Å². The lowest BCUT2D eigenvalue weighted by atomic mass is 10.0. The number of aliphatic hydroxyl groups is 3. The van der Waals surface area contributed by atoms with Crippen molar-refractivity contribution >= 4 is 5.84 Å². The fourth-order valence-corrected chi connectivity index (χ4v) is 1.15. The number of hydrogen-bond donors (Lipinski definition) is 6. The fraction of sp³-hybridized carbons (Fsp3) is 0.889. The average molecular weight is 235 g/mol. The largest absolute Gasteiger partial charge is 0.409 e. The summed E-state index contributed by atoms with van der Waals surface area (Å²) in [5.74, 6) is 0.178. The van der Waals surface area contributed by atoms with Crippen LogP contribution in [0.4, 0.5) is 0 Å². The Balaban J connectivity index is 3.71. The SMILES string of the molecule is NC(CCCCNC(CO)(CO)CO)=NO. The van der Waals surface area contributed by atoms with Crippen molar-refractivity contribution in [2.45, 2.75) is 24.8 Å². The second-order valence-electron chi connectivity index (χ2n) is 3.73. The van der Waals surface area contributed by atoms with E-state index in [9.17, 15) is 0 Å². The molecule has 16 heavy (non-hydrogen) atoms. The first-order valence-corrected chi connectivity index (χ1v) is 5.18. The highest BCUT2D eigenvalue weighted by atomic mass is 16.4. The van der Waals surface area contributed by atoms with Gasteiger partial charge in [0.05, 0.1) is 25.4 Å². The third-order valence-electron chi connectivity index (χ3n) is 2.40. The van der Waals surface area contributed by atoms with Gasteiger partial charge in [-0.15, -0.1) is 0 Å². The Morgan fingerprint density at radius 3 is 2.12 bits per heavy atom. The van der Waals surface area contributed by atoms with E-state index in [1.54, 1.807) is 0 Å². The molecule has 0 radical (unpaired) electrons. The Hall–Kier alpha value is -0.890. The summed E-state index contributed by atoms with van der Waals surface area (Å²) in [6.45, 7) is -0.471. The van der Waals surface area contributed by atoms with Crippen molar-refractivity contribution in [2.24, 2.45) is 10.9 Å². The lowest BCUT2D eigenvalue weighted by Gasteiger charge is -2.28. The molecular formula is C9H21N3O4. The molecule has 0 unspecified atom stereocenters. The first-order valence-electron chi connectivity index (χ1n) is 5.18. The van der Waals surface area contributed by atoms with Crippen LogP contribution in [-0.4, -0.2) is 58.3 Å². The summed E-state index contributed by atoms with van der Waals surface area (Å²) in [7, 11) is 0. The topological polar surface area (TPSA) is 131 Å². The predicted octanol–water partition coefficient (Wildman–Crippen LogP) is -1.79. The quantitative estimate of drug-likeness (QED) is 0.0919. The van der Waals surface area contributed by atoms with Crippen molar-refractivity contribution < 1.29 is 20.5 Å². The molecule has 0 bridgehead atoms. The second-order valence-corrected chi connectivity index (χ2v) is 3.73. The Kier molecular flexibility index (Phi) is 7.82. The molecular weight excluding hydrogens is 214 g/mol. The summed E-state index contributed by atoms with van der Waals surface area (Å²) < 4.78 is 0. The first kappa shape index (κ1) is 15.1. The summed E-state index contributed by atoms with van der Waals surface area (Å²) in [4.78, 5) is 0. The average Bonchev–Trinajstić information content (AvgIpc) is 2.34. The van der Waals surface area contributed by atoms with Gasteiger partial charge in [0, 0.05) is 6.42 Å². The Labute approximate surface area is 94.6 Å². The molecule has 0 aliphatic carbocycles. The van der Waals surface area contributed by atoms with Crippen molar-refractivity contribution in [1.82, 2.24) is 5.32 Å². The van der Waals surface area contributed by atoms with Crippen LogP contribution in [-0.2, 0) is 0 Å². The number of oxime groups is 1. The van der Waals surface area contributed by atoms with Gasteiger partial charge in [0.2, 0.25) is 0 Å². The number of nitrogens with two attached hydrogens (primary N) is 1. The minimum atomic E-state index is -1.03. The van der Waals surface area contributed by atoms with Gasteiger partial charge >= 0.3 is 0 Å². The van der Waals surface area contributed by atoms with Crippen LogP contribution >= 0.6 is 0 Å². The highest BCUT2D eigenvalue weighted by molar-refractivity contribution is 5.79. The van der Waals surface area contributed by atoms with Crippen molar-refractivity contribution in [3.8, 4) is 0 Å². The highest BCUT2D eigenvalue weighted by Crippen LogP contribution is 2.02. The summed E-state index contributed by atoms with van der Waals surface area (Å²) >= 11 is 0. The van der Waals surface area contributed by atoms with Gasteiger partial charge in [0.1, 0.15) is 5.84 Å². The minimum Gasteiger partial charge on any atom is -0.409 e. The van der Waals surface area contributed by atoms with Gasteiger partial charge in [-0.3, -0.25) is 0 Å². The van der Waals surface area contributed by atoms with Crippen LogP contribution in [0.1, 0.15) is 19.3 Å². The second kappa shape index (κ2) is 8.28. The smallest absolute Gasteiger partial charge is 0.139 e. The molecule has 0 amide bonds. The molecule has 0 heterocycles. The maximum Gasteiger partial charge on any atom is 0.139 e. The van der Waals surface area contributed by atoms with Crippen LogP contribution in [0.3, 0.4) is 0 Å². The molecule has 0 aliphatic rings. The van der Waals surface area contributed by atoms with E-state index >= 15 is 0 Å². The summed E-state index contributed by atoms with van der Waals surface area (Å²) in [6.07, 6.45) is 1.95. The van der Waals surface area contributed by atoms with Crippen LogP contribution in [0.5, 0.6) is 0 Å². The molecule has 0 aromatic heterocycles. The van der Waals surface area contributed by atoms with Gasteiger partial charge in [0.25, 0.3) is 0 Å². The highest BCUT2D eigenvalue weighted by Gasteiger charge is 2.26. The van der Waals surface area contributed by atoms with Gasteiger partial charge < -0.3 is 31.6 Å². The van der Waals surface area contributed by atoms with E-state index < -0.39 is 5.54 Å². The van der Waals surface area contributed by atoms with Gasteiger partial charge in [0.15, 0.2) is 0 Å². The van der Waals surface area contributed by atoms with E-state index in [2.05, 4.69) is 10.5 Å². The number of rotatable bonds is 9. The lowest BCUT2D eigenvalue weighted by Crippen LogP contribution is -2.55. The van der Waals surface area contributed by atoms with Crippen molar-refractivity contribution in [3.63, 3.8) is 0 Å². The number of hydrogen-bond acceptors (Lipinski definition) is 6. The van der Waals surface area contributed by atoms with Gasteiger partial charge in [-0.05, 0) is 19.4 Å². The van der Waals surface area contributed by atoms with Crippen molar-refractivity contribution in [2.75, 3.05) is 26.4 Å². The first-order chi connectivity index (χ1) is 7.64. The lowest BCUT2D eigenvalue weighted by molar-refractivity contribution is 0.0426. The zero-order valence-electron chi connectivity index (χ0n) is 9.26. The standard InChI is InChI=1S/C9H21N3O4/c10-8(12-16)3-1-2-4-11-9(5-13,6-14)7-15/h11,13-16H,1-7H2,(H2,10,12). The molecule has 0 aromatic rings. The molecule has 7 heteroatoms. The van der Waals surface area contributed by atoms with Gasteiger partial charge in [-0.25, -0.2) is 0 Å². The van der Waals surface area contributed by atoms with E-state index in [1.807, 2.05) is 0 Å². The summed E-state index contributed by atoms with van der Waals surface area (Å²) in [5.41, 5.74) is 4.25. The number of amidine groups is 1. The van der Waals surface area contributed by atoms with Crippen molar-refractivity contribution in [3.05, 3.63) is 0 Å². The molecule has 0 atom stereocenters. The maximum absolute atomic E-state index is 9.00. The molecule has 0 spiro atoms. The van der Waals surface area contributed by atoms with Crippen LogP contribution in [0.2, 0.25) is 0 Å². The molecule has 0 saturated heterocycles. The Bertz CT molecular complexity index is 199. The van der Waals surface area contributed by atoms with E-state index in [-0.39, 0.29) is 25.7 Å². The molecule has 7 nitrogen and oxygen atoms in total. The Morgan fingerprint density at radius 1 is 1.12 bits per heavy atom. The van der Waals surface area contributed by atoms with E-state index in [0.29, 0.717) is 13.0 Å². The van der Waals surface area contributed by atoms with Crippen molar-refractivity contribution in [1.29, 1.82) is 0 Å². The van der Waals surface area contributed by atoms with Gasteiger partial charge in [-0.2, -0.15) is 0 Å². The van der Waals surface area contributed by atoms with Crippen LogP contribution in [0, 0.1) is 0 Å². The molecule has 0 rings (SSSR count). The minimum absolute atomic E-state index is 0.178. The van der Waals surface area contributed by atoms with E-state index in [1.165, 1.54) is 0 Å². The summed E-state index contributed by atoms with van der Waals surface area (Å²) in [6, 6.07) is 0. The summed E-state index contributed by atoms with van der Waals surface area (Å²) in [5, 5.41) is 41.0. The van der Waals surface area contributed by atoms with Crippen LogP contribution in [0.25, 0.3) is 0 Å².